The summed E-state index contributed by atoms with van der Waals surface area (Å²) in [4.78, 5) is 12.6. The Morgan fingerprint density at radius 3 is 2.63 bits per heavy atom. The molecule has 0 spiro atoms. The SMILES string of the molecule is COc1ccccc1NS(=O)(=O)c1cccc(C(=O)NC(C)CCc2ccco2)c1. The van der Waals surface area contributed by atoms with Crippen LogP contribution < -0.4 is 14.8 Å². The van der Waals surface area contributed by atoms with Gasteiger partial charge in [0.25, 0.3) is 15.9 Å². The number of ether oxygens (including phenoxy) is 1. The van der Waals surface area contributed by atoms with Gasteiger partial charge in [0.15, 0.2) is 0 Å². The summed E-state index contributed by atoms with van der Waals surface area (Å²) in [6.07, 6.45) is 3.02. The van der Waals surface area contributed by atoms with Crippen molar-refractivity contribution in [2.75, 3.05) is 11.8 Å². The van der Waals surface area contributed by atoms with Crippen LogP contribution >= 0.6 is 0 Å². The van der Waals surface area contributed by atoms with Crippen molar-refractivity contribution in [2.45, 2.75) is 30.7 Å². The van der Waals surface area contributed by atoms with E-state index in [9.17, 15) is 13.2 Å². The second-order valence-corrected chi connectivity index (χ2v) is 8.51. The number of amides is 1. The van der Waals surface area contributed by atoms with Gasteiger partial charge in [0, 0.05) is 18.0 Å². The Morgan fingerprint density at radius 2 is 1.90 bits per heavy atom. The number of furan rings is 1. The Labute approximate surface area is 176 Å². The number of para-hydroxylation sites is 2. The first-order valence-corrected chi connectivity index (χ1v) is 11.0. The molecular weight excluding hydrogens is 404 g/mol. The number of nitrogens with one attached hydrogen (secondary N) is 2. The normalized spacial score (nSPS) is 12.2. The molecule has 8 heteroatoms. The summed E-state index contributed by atoms with van der Waals surface area (Å²) in [5.74, 6) is 0.920. The van der Waals surface area contributed by atoms with Crippen molar-refractivity contribution in [3.63, 3.8) is 0 Å². The number of carbonyl (C=O) groups is 1. The summed E-state index contributed by atoms with van der Waals surface area (Å²) in [6.45, 7) is 1.89. The minimum absolute atomic E-state index is 0.00991. The summed E-state index contributed by atoms with van der Waals surface area (Å²) < 4.78 is 38.6. The average Bonchev–Trinajstić information content (AvgIpc) is 3.26. The third kappa shape index (κ3) is 5.42. The van der Waals surface area contributed by atoms with Crippen LogP contribution in [0.5, 0.6) is 5.75 Å². The summed E-state index contributed by atoms with van der Waals surface area (Å²) in [5, 5.41) is 2.89. The second kappa shape index (κ2) is 9.49. The largest absolute Gasteiger partial charge is 0.495 e. The zero-order valence-electron chi connectivity index (χ0n) is 16.8. The number of aryl methyl sites for hydroxylation is 1. The van der Waals surface area contributed by atoms with Gasteiger partial charge in [0.05, 0.1) is 24.0 Å². The standard InChI is InChI=1S/C22H24N2O5S/c1-16(12-13-18-8-6-14-29-18)23-22(25)17-7-5-9-19(15-17)30(26,27)24-20-10-3-4-11-21(20)28-2/h3-11,14-16,24H,12-13H2,1-2H3,(H,23,25). The van der Waals surface area contributed by atoms with Crippen LogP contribution in [0.15, 0.2) is 76.2 Å². The lowest BCUT2D eigenvalue weighted by Gasteiger charge is -2.14. The molecule has 1 aromatic heterocycles. The molecule has 0 saturated carbocycles. The first-order chi connectivity index (χ1) is 14.4. The molecule has 158 valence electrons. The monoisotopic (exact) mass is 428 g/mol. The average molecular weight is 429 g/mol. The van der Waals surface area contributed by atoms with Crippen molar-refractivity contribution in [1.82, 2.24) is 5.32 Å². The number of hydrogen-bond acceptors (Lipinski definition) is 5. The molecule has 1 heterocycles. The van der Waals surface area contributed by atoms with Crippen LogP contribution in [0.3, 0.4) is 0 Å². The van der Waals surface area contributed by atoms with Crippen molar-refractivity contribution in [3.8, 4) is 5.75 Å². The van der Waals surface area contributed by atoms with E-state index in [0.717, 1.165) is 5.76 Å². The number of sulfonamides is 1. The Balaban J connectivity index is 1.69. The molecule has 0 aliphatic rings. The molecule has 1 atom stereocenters. The second-order valence-electron chi connectivity index (χ2n) is 6.83. The van der Waals surface area contributed by atoms with Crippen molar-refractivity contribution in [3.05, 3.63) is 78.3 Å². The van der Waals surface area contributed by atoms with Gasteiger partial charge in [-0.1, -0.05) is 18.2 Å². The molecule has 30 heavy (non-hydrogen) atoms. The predicted octanol–water partition coefficient (Wildman–Crippen LogP) is 3.84. The summed E-state index contributed by atoms with van der Waals surface area (Å²) >= 11 is 0. The minimum Gasteiger partial charge on any atom is -0.495 e. The van der Waals surface area contributed by atoms with Gasteiger partial charge < -0.3 is 14.5 Å². The molecule has 2 aromatic carbocycles. The third-order valence-corrected chi connectivity index (χ3v) is 5.90. The first kappa shape index (κ1) is 21.4. The molecular formula is C22H24N2O5S. The van der Waals surface area contributed by atoms with Gasteiger partial charge in [-0.3, -0.25) is 9.52 Å². The van der Waals surface area contributed by atoms with Crippen molar-refractivity contribution in [1.29, 1.82) is 0 Å². The zero-order valence-corrected chi connectivity index (χ0v) is 17.6. The van der Waals surface area contributed by atoms with Crippen molar-refractivity contribution >= 4 is 21.6 Å². The summed E-state index contributed by atoms with van der Waals surface area (Å²) in [5.41, 5.74) is 0.587. The zero-order chi connectivity index (χ0) is 21.6. The van der Waals surface area contributed by atoms with Crippen molar-refractivity contribution < 1.29 is 22.4 Å². The lowest BCUT2D eigenvalue weighted by atomic mass is 10.1. The van der Waals surface area contributed by atoms with Crippen LogP contribution in [0.25, 0.3) is 0 Å². The quantitative estimate of drug-likeness (QED) is 0.540. The minimum atomic E-state index is -3.89. The van der Waals surface area contributed by atoms with E-state index in [1.54, 1.807) is 42.7 Å². The third-order valence-electron chi connectivity index (χ3n) is 4.54. The number of carbonyl (C=O) groups excluding carboxylic acids is 1. The van der Waals surface area contributed by atoms with Gasteiger partial charge >= 0.3 is 0 Å². The van der Waals surface area contributed by atoms with Gasteiger partial charge in [-0.05, 0) is 55.8 Å². The Morgan fingerprint density at radius 1 is 1.10 bits per heavy atom. The molecule has 3 rings (SSSR count). The van der Waals surface area contributed by atoms with E-state index in [0.29, 0.717) is 24.3 Å². The van der Waals surface area contributed by atoms with Gasteiger partial charge in [-0.15, -0.1) is 0 Å². The molecule has 0 aliphatic carbocycles. The molecule has 7 nitrogen and oxygen atoms in total. The van der Waals surface area contributed by atoms with Gasteiger partial charge in [-0.2, -0.15) is 0 Å². The van der Waals surface area contributed by atoms with Gasteiger partial charge in [0.1, 0.15) is 11.5 Å². The highest BCUT2D eigenvalue weighted by molar-refractivity contribution is 7.92. The fourth-order valence-corrected chi connectivity index (χ4v) is 4.05. The molecule has 0 saturated heterocycles. The molecule has 0 radical (unpaired) electrons. The number of hydrogen-bond donors (Lipinski definition) is 2. The van der Waals surface area contributed by atoms with Crippen molar-refractivity contribution in [2.24, 2.45) is 0 Å². The van der Waals surface area contributed by atoms with E-state index in [4.69, 9.17) is 9.15 Å². The Bertz CT molecular complexity index is 1090. The fraction of sp³-hybridized carbons (Fsp3) is 0.227. The molecule has 0 bridgehead atoms. The van der Waals surface area contributed by atoms with E-state index in [1.807, 2.05) is 19.1 Å². The van der Waals surface area contributed by atoms with E-state index >= 15 is 0 Å². The van der Waals surface area contributed by atoms with Crippen LogP contribution in [0.4, 0.5) is 5.69 Å². The molecule has 1 unspecified atom stereocenters. The smallest absolute Gasteiger partial charge is 0.262 e. The highest BCUT2D eigenvalue weighted by Gasteiger charge is 2.19. The maximum Gasteiger partial charge on any atom is 0.262 e. The summed E-state index contributed by atoms with van der Waals surface area (Å²) in [7, 11) is -2.43. The number of benzene rings is 2. The van der Waals surface area contributed by atoms with E-state index in [-0.39, 0.29) is 22.4 Å². The van der Waals surface area contributed by atoms with Crippen LogP contribution in [0.1, 0.15) is 29.5 Å². The number of rotatable bonds is 9. The van der Waals surface area contributed by atoms with Crippen LogP contribution in [-0.2, 0) is 16.4 Å². The maximum absolute atomic E-state index is 12.8. The van der Waals surface area contributed by atoms with Crippen LogP contribution in [-0.4, -0.2) is 27.5 Å². The fourth-order valence-electron chi connectivity index (χ4n) is 2.93. The van der Waals surface area contributed by atoms with Crippen LogP contribution in [0, 0.1) is 0 Å². The maximum atomic E-state index is 12.8. The number of anilines is 1. The highest BCUT2D eigenvalue weighted by atomic mass is 32.2. The van der Waals surface area contributed by atoms with Gasteiger partial charge in [-0.25, -0.2) is 8.42 Å². The van der Waals surface area contributed by atoms with E-state index < -0.39 is 10.0 Å². The lowest BCUT2D eigenvalue weighted by Crippen LogP contribution is -2.33. The molecule has 0 aliphatic heterocycles. The highest BCUT2D eigenvalue weighted by Crippen LogP contribution is 2.26. The van der Waals surface area contributed by atoms with Gasteiger partial charge in [0.2, 0.25) is 0 Å². The molecule has 2 N–H and O–H groups in total. The van der Waals surface area contributed by atoms with E-state index in [1.165, 1.54) is 19.2 Å². The summed E-state index contributed by atoms with van der Waals surface area (Å²) in [6, 6.07) is 16.2. The first-order valence-electron chi connectivity index (χ1n) is 9.48. The van der Waals surface area contributed by atoms with E-state index in [2.05, 4.69) is 10.0 Å². The Hall–Kier alpha value is -3.26. The lowest BCUT2D eigenvalue weighted by molar-refractivity contribution is 0.0938. The molecule has 1 amide bonds. The van der Waals surface area contributed by atoms with Crippen LogP contribution in [0.2, 0.25) is 0 Å². The topological polar surface area (TPSA) is 97.6 Å². The molecule has 3 aromatic rings. The number of methoxy groups -OCH3 is 1. The Kier molecular flexibility index (Phi) is 6.79. The molecule has 0 fully saturated rings. The predicted molar refractivity (Wildman–Crippen MR) is 114 cm³/mol.